The number of nitrogens with zero attached hydrogens (tertiary/aromatic N) is 3. The van der Waals surface area contributed by atoms with Crippen molar-refractivity contribution in [3.8, 4) is 11.4 Å². The molecule has 0 atom stereocenters. The molecule has 1 aromatic carbocycles. The molecule has 4 heteroatoms. The summed E-state index contributed by atoms with van der Waals surface area (Å²) in [6.07, 6.45) is 3.87. The largest absolute Gasteiger partial charge is 0.378 e. The van der Waals surface area contributed by atoms with E-state index in [9.17, 15) is 0 Å². The minimum absolute atomic E-state index is 0.642. The van der Waals surface area contributed by atoms with Crippen LogP contribution in [0.2, 0.25) is 0 Å². The van der Waals surface area contributed by atoms with Crippen LogP contribution in [0.3, 0.4) is 0 Å². The van der Waals surface area contributed by atoms with Crippen molar-refractivity contribution in [2.45, 2.75) is 32.1 Å². The molecule has 23 heavy (non-hydrogen) atoms. The number of benzene rings is 1. The number of hydrogen-bond donors (Lipinski definition) is 0. The van der Waals surface area contributed by atoms with Gasteiger partial charge in [-0.25, -0.2) is 9.97 Å². The fourth-order valence-corrected chi connectivity index (χ4v) is 3.28. The SMILES string of the molecule is Cc1cc(C2CCC2)nc(-c2ccc(N3CCOCC3)cc2)n1. The summed E-state index contributed by atoms with van der Waals surface area (Å²) in [6.45, 7) is 5.62. The Morgan fingerprint density at radius 3 is 2.43 bits per heavy atom. The minimum Gasteiger partial charge on any atom is -0.378 e. The predicted octanol–water partition coefficient (Wildman–Crippen LogP) is 3.56. The quantitative estimate of drug-likeness (QED) is 0.869. The van der Waals surface area contributed by atoms with E-state index in [0.29, 0.717) is 5.92 Å². The van der Waals surface area contributed by atoms with Crippen molar-refractivity contribution < 1.29 is 4.74 Å². The highest BCUT2D eigenvalue weighted by molar-refractivity contribution is 5.61. The lowest BCUT2D eigenvalue weighted by Gasteiger charge is -2.29. The Morgan fingerprint density at radius 1 is 1.04 bits per heavy atom. The zero-order chi connectivity index (χ0) is 15.6. The van der Waals surface area contributed by atoms with Crippen molar-refractivity contribution in [1.82, 2.24) is 9.97 Å². The Hall–Kier alpha value is -1.94. The lowest BCUT2D eigenvalue weighted by Crippen LogP contribution is -2.36. The van der Waals surface area contributed by atoms with Gasteiger partial charge in [-0.15, -0.1) is 0 Å². The summed E-state index contributed by atoms with van der Waals surface area (Å²) >= 11 is 0. The van der Waals surface area contributed by atoms with E-state index in [1.165, 1.54) is 30.6 Å². The number of morpholine rings is 1. The van der Waals surface area contributed by atoms with Crippen LogP contribution < -0.4 is 4.90 Å². The fraction of sp³-hybridized carbons (Fsp3) is 0.474. The van der Waals surface area contributed by atoms with E-state index < -0.39 is 0 Å². The van der Waals surface area contributed by atoms with E-state index in [4.69, 9.17) is 9.72 Å². The maximum absolute atomic E-state index is 5.42. The molecule has 4 nitrogen and oxygen atoms in total. The lowest BCUT2D eigenvalue weighted by molar-refractivity contribution is 0.122. The first kappa shape index (κ1) is 14.6. The van der Waals surface area contributed by atoms with Crippen molar-refractivity contribution in [1.29, 1.82) is 0 Å². The molecular weight excluding hydrogens is 286 g/mol. The summed E-state index contributed by atoms with van der Waals surface area (Å²) in [5, 5.41) is 0. The Morgan fingerprint density at radius 2 is 1.78 bits per heavy atom. The average Bonchev–Trinajstić information content (AvgIpc) is 2.54. The van der Waals surface area contributed by atoms with Crippen LogP contribution in [0, 0.1) is 6.92 Å². The number of ether oxygens (including phenoxy) is 1. The van der Waals surface area contributed by atoms with Crippen LogP contribution in [0.25, 0.3) is 11.4 Å². The van der Waals surface area contributed by atoms with Gasteiger partial charge in [0.25, 0.3) is 0 Å². The summed E-state index contributed by atoms with van der Waals surface area (Å²) in [5.74, 6) is 1.50. The smallest absolute Gasteiger partial charge is 0.159 e. The van der Waals surface area contributed by atoms with Gasteiger partial charge >= 0.3 is 0 Å². The van der Waals surface area contributed by atoms with Crippen LogP contribution in [0.1, 0.15) is 36.6 Å². The number of aryl methyl sites for hydroxylation is 1. The molecule has 0 spiro atoms. The van der Waals surface area contributed by atoms with Crippen LogP contribution in [-0.2, 0) is 4.74 Å². The first-order chi connectivity index (χ1) is 11.3. The molecule has 2 heterocycles. The van der Waals surface area contributed by atoms with Crippen LogP contribution in [0.5, 0.6) is 0 Å². The number of hydrogen-bond acceptors (Lipinski definition) is 4. The predicted molar refractivity (Wildman–Crippen MR) is 91.8 cm³/mol. The van der Waals surface area contributed by atoms with Gasteiger partial charge in [-0.1, -0.05) is 6.42 Å². The molecule has 1 saturated heterocycles. The van der Waals surface area contributed by atoms with E-state index in [-0.39, 0.29) is 0 Å². The van der Waals surface area contributed by atoms with Crippen molar-refractivity contribution in [3.63, 3.8) is 0 Å². The average molecular weight is 309 g/mol. The molecule has 1 aliphatic heterocycles. The molecule has 1 aliphatic carbocycles. The van der Waals surface area contributed by atoms with Gasteiger partial charge in [-0.05, 0) is 50.1 Å². The standard InChI is InChI=1S/C19H23N3O/c1-14-13-18(15-3-2-4-15)21-19(20-14)16-5-7-17(8-6-16)22-9-11-23-12-10-22/h5-8,13,15H,2-4,9-12H2,1H3. The normalized spacial score (nSPS) is 18.7. The molecule has 0 bridgehead atoms. The molecule has 0 N–H and O–H groups in total. The molecule has 0 amide bonds. The molecule has 0 radical (unpaired) electrons. The zero-order valence-corrected chi connectivity index (χ0v) is 13.7. The summed E-state index contributed by atoms with van der Waals surface area (Å²) in [5.41, 5.74) is 4.64. The lowest BCUT2D eigenvalue weighted by atomic mass is 9.82. The summed E-state index contributed by atoms with van der Waals surface area (Å²) in [7, 11) is 0. The second kappa shape index (κ2) is 6.28. The molecule has 4 rings (SSSR count). The van der Waals surface area contributed by atoms with Crippen molar-refractivity contribution in [2.75, 3.05) is 31.2 Å². The second-order valence-corrected chi connectivity index (χ2v) is 6.53. The third kappa shape index (κ3) is 3.08. The van der Waals surface area contributed by atoms with Crippen molar-refractivity contribution in [3.05, 3.63) is 41.7 Å². The number of aromatic nitrogens is 2. The molecular formula is C19H23N3O. The van der Waals surface area contributed by atoms with Crippen LogP contribution in [0.4, 0.5) is 5.69 Å². The third-order valence-electron chi connectivity index (χ3n) is 4.90. The monoisotopic (exact) mass is 309 g/mol. The second-order valence-electron chi connectivity index (χ2n) is 6.53. The van der Waals surface area contributed by atoms with Crippen LogP contribution in [0.15, 0.2) is 30.3 Å². The number of anilines is 1. The van der Waals surface area contributed by atoms with E-state index in [0.717, 1.165) is 43.4 Å². The van der Waals surface area contributed by atoms with Crippen LogP contribution >= 0.6 is 0 Å². The molecule has 120 valence electrons. The summed E-state index contributed by atoms with van der Waals surface area (Å²) in [4.78, 5) is 11.8. The summed E-state index contributed by atoms with van der Waals surface area (Å²) in [6, 6.07) is 10.8. The molecule has 2 aromatic rings. The fourth-order valence-electron chi connectivity index (χ4n) is 3.28. The van der Waals surface area contributed by atoms with Gasteiger partial charge in [0.2, 0.25) is 0 Å². The topological polar surface area (TPSA) is 38.2 Å². The Bertz CT molecular complexity index is 674. The highest BCUT2D eigenvalue weighted by Crippen LogP contribution is 2.36. The Balaban J connectivity index is 1.58. The van der Waals surface area contributed by atoms with E-state index in [1.807, 2.05) is 0 Å². The number of rotatable bonds is 3. The summed E-state index contributed by atoms with van der Waals surface area (Å²) < 4.78 is 5.42. The third-order valence-corrected chi connectivity index (χ3v) is 4.90. The van der Waals surface area contributed by atoms with Gasteiger partial charge in [0.05, 0.1) is 13.2 Å². The minimum atomic E-state index is 0.642. The van der Waals surface area contributed by atoms with Gasteiger partial charge in [0.15, 0.2) is 5.82 Å². The maximum atomic E-state index is 5.42. The van der Waals surface area contributed by atoms with Gasteiger partial charge in [0.1, 0.15) is 0 Å². The van der Waals surface area contributed by atoms with E-state index >= 15 is 0 Å². The first-order valence-corrected chi connectivity index (χ1v) is 8.58. The molecule has 1 saturated carbocycles. The molecule has 2 fully saturated rings. The zero-order valence-electron chi connectivity index (χ0n) is 13.7. The van der Waals surface area contributed by atoms with E-state index in [2.05, 4.69) is 47.1 Å². The Labute approximate surface area is 137 Å². The van der Waals surface area contributed by atoms with Crippen molar-refractivity contribution >= 4 is 5.69 Å². The van der Waals surface area contributed by atoms with E-state index in [1.54, 1.807) is 0 Å². The van der Waals surface area contributed by atoms with Gasteiger partial charge in [0, 0.05) is 41.6 Å². The Kier molecular flexibility index (Phi) is 4.00. The van der Waals surface area contributed by atoms with Gasteiger partial charge < -0.3 is 9.64 Å². The first-order valence-electron chi connectivity index (χ1n) is 8.58. The molecule has 0 unspecified atom stereocenters. The van der Waals surface area contributed by atoms with Crippen molar-refractivity contribution in [2.24, 2.45) is 0 Å². The molecule has 1 aromatic heterocycles. The highest BCUT2D eigenvalue weighted by atomic mass is 16.5. The molecule has 2 aliphatic rings. The van der Waals surface area contributed by atoms with Crippen LogP contribution in [-0.4, -0.2) is 36.3 Å². The van der Waals surface area contributed by atoms with Gasteiger partial charge in [-0.3, -0.25) is 0 Å². The van der Waals surface area contributed by atoms with Gasteiger partial charge in [-0.2, -0.15) is 0 Å². The highest BCUT2D eigenvalue weighted by Gasteiger charge is 2.22. The maximum Gasteiger partial charge on any atom is 0.159 e.